The van der Waals surface area contributed by atoms with E-state index in [1.807, 2.05) is 30.7 Å². The fourth-order valence-electron chi connectivity index (χ4n) is 1.94. The van der Waals surface area contributed by atoms with Gasteiger partial charge in [-0.25, -0.2) is 0 Å². The van der Waals surface area contributed by atoms with Crippen LogP contribution >= 0.6 is 11.8 Å². The third-order valence-corrected chi connectivity index (χ3v) is 4.34. The van der Waals surface area contributed by atoms with Gasteiger partial charge in [0.25, 0.3) is 0 Å². The minimum Gasteiger partial charge on any atom is -0.348 e. The van der Waals surface area contributed by atoms with Gasteiger partial charge in [-0.1, -0.05) is 41.6 Å². The number of nitrogens with zero attached hydrogens (tertiary/aromatic N) is 4. The first-order valence-corrected chi connectivity index (χ1v) is 7.62. The van der Waals surface area contributed by atoms with Crippen LogP contribution in [0.5, 0.6) is 0 Å². The van der Waals surface area contributed by atoms with E-state index in [-0.39, 0.29) is 11.2 Å². The summed E-state index contributed by atoms with van der Waals surface area (Å²) in [5.74, 6) is 0.877. The second kappa shape index (κ2) is 6.30. The molecule has 0 spiro atoms. The van der Waals surface area contributed by atoms with Gasteiger partial charge in [0.15, 0.2) is 11.0 Å². The molecule has 0 fully saturated rings. The smallest absolute Gasteiger partial charge is 0.235 e. The van der Waals surface area contributed by atoms with Gasteiger partial charge in [-0.2, -0.15) is 0 Å². The van der Waals surface area contributed by atoms with Gasteiger partial charge in [0.05, 0.1) is 5.25 Å². The van der Waals surface area contributed by atoms with Crippen LogP contribution in [0.3, 0.4) is 0 Å². The van der Waals surface area contributed by atoms with Crippen molar-refractivity contribution < 1.29 is 4.79 Å². The van der Waals surface area contributed by atoms with Crippen molar-refractivity contribution in [1.82, 2.24) is 19.7 Å². The van der Waals surface area contributed by atoms with E-state index >= 15 is 0 Å². The van der Waals surface area contributed by atoms with Crippen molar-refractivity contribution in [2.45, 2.75) is 24.3 Å². The van der Waals surface area contributed by atoms with Crippen LogP contribution in [-0.4, -0.2) is 44.9 Å². The highest BCUT2D eigenvalue weighted by molar-refractivity contribution is 8.00. The van der Waals surface area contributed by atoms with Crippen molar-refractivity contribution in [2.24, 2.45) is 7.05 Å². The minimum atomic E-state index is -0.186. The number of amides is 1. The van der Waals surface area contributed by atoms with Crippen molar-refractivity contribution in [2.75, 3.05) is 14.1 Å². The molecule has 1 aromatic carbocycles. The number of carbonyl (C=O) groups is 1. The minimum absolute atomic E-state index is 0.0693. The van der Waals surface area contributed by atoms with Crippen molar-refractivity contribution in [3.05, 3.63) is 29.8 Å². The molecule has 112 valence electrons. The van der Waals surface area contributed by atoms with Gasteiger partial charge in [-0.05, 0) is 13.8 Å². The van der Waals surface area contributed by atoms with E-state index in [4.69, 9.17) is 0 Å². The average molecular weight is 304 g/mol. The maximum absolute atomic E-state index is 11.9. The lowest BCUT2D eigenvalue weighted by molar-refractivity contribution is -0.127. The number of aryl methyl sites for hydroxylation is 1. The lowest BCUT2D eigenvalue weighted by Crippen LogP contribution is -2.29. The van der Waals surface area contributed by atoms with Crippen molar-refractivity contribution >= 4 is 17.7 Å². The first kappa shape index (κ1) is 15.6. The predicted octanol–water partition coefficient (Wildman–Crippen LogP) is 2.36. The molecule has 0 radical (unpaired) electrons. The molecule has 1 atom stereocenters. The predicted molar refractivity (Wildman–Crippen MR) is 85.2 cm³/mol. The van der Waals surface area contributed by atoms with E-state index in [0.29, 0.717) is 0 Å². The molecular weight excluding hydrogens is 284 g/mol. The van der Waals surface area contributed by atoms with Crippen molar-refractivity contribution in [1.29, 1.82) is 0 Å². The largest absolute Gasteiger partial charge is 0.348 e. The monoisotopic (exact) mass is 304 g/mol. The fourth-order valence-corrected chi connectivity index (χ4v) is 2.90. The van der Waals surface area contributed by atoms with Crippen LogP contribution in [0.25, 0.3) is 11.4 Å². The number of thioether (sulfide) groups is 1. The van der Waals surface area contributed by atoms with E-state index in [1.165, 1.54) is 17.3 Å². The third kappa shape index (κ3) is 3.44. The molecule has 0 unspecified atom stereocenters. The van der Waals surface area contributed by atoms with E-state index in [0.717, 1.165) is 16.5 Å². The first-order valence-electron chi connectivity index (χ1n) is 6.74. The van der Waals surface area contributed by atoms with Crippen molar-refractivity contribution in [3.8, 4) is 11.4 Å². The topological polar surface area (TPSA) is 51.0 Å². The molecule has 1 aromatic heterocycles. The third-order valence-electron chi connectivity index (χ3n) is 3.22. The summed E-state index contributed by atoms with van der Waals surface area (Å²) in [6.45, 7) is 3.93. The molecule has 21 heavy (non-hydrogen) atoms. The highest BCUT2D eigenvalue weighted by Gasteiger charge is 2.20. The normalized spacial score (nSPS) is 12.2. The zero-order chi connectivity index (χ0) is 15.6. The average Bonchev–Trinajstić information content (AvgIpc) is 2.80. The van der Waals surface area contributed by atoms with Crippen LogP contribution in [0.2, 0.25) is 0 Å². The molecule has 0 saturated carbocycles. The summed E-state index contributed by atoms with van der Waals surface area (Å²) in [4.78, 5) is 13.5. The highest BCUT2D eigenvalue weighted by atomic mass is 32.2. The van der Waals surface area contributed by atoms with Gasteiger partial charge in [-0.15, -0.1) is 10.2 Å². The Hall–Kier alpha value is -1.82. The molecule has 0 bridgehead atoms. The quantitative estimate of drug-likeness (QED) is 0.814. The number of carbonyl (C=O) groups excluding carboxylic acids is 1. The Labute approximate surface area is 129 Å². The zero-order valence-electron chi connectivity index (χ0n) is 13.0. The zero-order valence-corrected chi connectivity index (χ0v) is 13.8. The van der Waals surface area contributed by atoms with E-state index in [1.54, 1.807) is 19.0 Å². The number of hydrogen-bond acceptors (Lipinski definition) is 4. The van der Waals surface area contributed by atoms with Gasteiger partial charge < -0.3 is 9.47 Å². The number of benzene rings is 1. The lowest BCUT2D eigenvalue weighted by Gasteiger charge is -2.15. The van der Waals surface area contributed by atoms with Crippen LogP contribution in [0.15, 0.2) is 29.4 Å². The molecule has 1 heterocycles. The van der Waals surface area contributed by atoms with Crippen LogP contribution in [-0.2, 0) is 11.8 Å². The summed E-state index contributed by atoms with van der Waals surface area (Å²) in [6.07, 6.45) is 0. The molecule has 0 aliphatic carbocycles. The summed E-state index contributed by atoms with van der Waals surface area (Å²) in [5, 5.41) is 9.00. The summed E-state index contributed by atoms with van der Waals surface area (Å²) < 4.78 is 1.93. The second-order valence-corrected chi connectivity index (χ2v) is 6.53. The Morgan fingerprint density at radius 1 is 1.24 bits per heavy atom. The van der Waals surface area contributed by atoms with Crippen LogP contribution in [0, 0.1) is 6.92 Å². The fraction of sp³-hybridized carbons (Fsp3) is 0.400. The van der Waals surface area contributed by atoms with Gasteiger partial charge in [0.1, 0.15) is 0 Å². The Kier molecular flexibility index (Phi) is 4.67. The summed E-state index contributed by atoms with van der Waals surface area (Å²) in [7, 11) is 5.44. The second-order valence-electron chi connectivity index (χ2n) is 5.22. The standard InChI is InChI=1S/C15H20N4OS/c1-10-6-8-12(9-7-10)13-16-17-15(19(13)5)21-11(2)14(20)18(3)4/h6-9,11H,1-5H3/t11-/m0/s1. The Bertz CT molecular complexity index is 634. The highest BCUT2D eigenvalue weighted by Crippen LogP contribution is 2.26. The van der Waals surface area contributed by atoms with Gasteiger partial charge in [0, 0.05) is 26.7 Å². The maximum Gasteiger partial charge on any atom is 0.235 e. The summed E-state index contributed by atoms with van der Waals surface area (Å²) >= 11 is 1.42. The molecule has 2 aromatic rings. The SMILES string of the molecule is Cc1ccc(-c2nnc(S[C@@H](C)C(=O)N(C)C)n2C)cc1. The van der Waals surface area contributed by atoms with Crippen LogP contribution in [0.1, 0.15) is 12.5 Å². The molecule has 5 nitrogen and oxygen atoms in total. The number of rotatable bonds is 4. The first-order chi connectivity index (χ1) is 9.90. The maximum atomic E-state index is 11.9. The van der Waals surface area contributed by atoms with Gasteiger partial charge in [-0.3, -0.25) is 4.79 Å². The molecular formula is C15H20N4OS. The Morgan fingerprint density at radius 2 is 1.86 bits per heavy atom. The summed E-state index contributed by atoms with van der Waals surface area (Å²) in [6, 6.07) is 8.16. The number of aromatic nitrogens is 3. The molecule has 0 aliphatic rings. The molecule has 0 saturated heterocycles. The molecule has 2 rings (SSSR count). The molecule has 0 N–H and O–H groups in total. The Balaban J connectivity index is 2.21. The van der Waals surface area contributed by atoms with Gasteiger partial charge >= 0.3 is 0 Å². The molecule has 1 amide bonds. The summed E-state index contributed by atoms with van der Waals surface area (Å²) in [5.41, 5.74) is 2.23. The van der Waals surface area contributed by atoms with E-state index < -0.39 is 0 Å². The number of hydrogen-bond donors (Lipinski definition) is 0. The lowest BCUT2D eigenvalue weighted by atomic mass is 10.1. The van der Waals surface area contributed by atoms with E-state index in [2.05, 4.69) is 29.3 Å². The molecule has 6 heteroatoms. The van der Waals surface area contributed by atoms with Crippen LogP contribution in [0.4, 0.5) is 0 Å². The van der Waals surface area contributed by atoms with E-state index in [9.17, 15) is 4.79 Å². The van der Waals surface area contributed by atoms with Crippen LogP contribution < -0.4 is 0 Å². The molecule has 0 aliphatic heterocycles. The van der Waals surface area contributed by atoms with Crippen molar-refractivity contribution in [3.63, 3.8) is 0 Å². The Morgan fingerprint density at radius 3 is 2.43 bits per heavy atom. The van der Waals surface area contributed by atoms with Gasteiger partial charge in [0.2, 0.25) is 5.91 Å².